The van der Waals surface area contributed by atoms with Crippen LogP contribution in [0.1, 0.15) is 56.2 Å². The number of rotatable bonds is 8. The van der Waals surface area contributed by atoms with Crippen molar-refractivity contribution >= 4 is 11.6 Å². The van der Waals surface area contributed by atoms with E-state index in [1.165, 1.54) is 22.3 Å². The van der Waals surface area contributed by atoms with E-state index < -0.39 is 0 Å². The fourth-order valence-corrected chi connectivity index (χ4v) is 4.96. The normalized spacial score (nSPS) is 11.3. The molecule has 3 N–H and O–H groups in total. The van der Waals surface area contributed by atoms with Crippen LogP contribution < -0.4 is 11.2 Å². The first kappa shape index (κ1) is 30.4. The Kier molecular flexibility index (Phi) is 10.8. The molecule has 1 unspecified atom stereocenters. The van der Waals surface area contributed by atoms with E-state index in [9.17, 15) is 4.79 Å². The lowest BCUT2D eigenvalue weighted by molar-refractivity contribution is -0.115. The average Bonchev–Trinajstić information content (AvgIpc) is 2.95. The quantitative estimate of drug-likeness (QED) is 0.189. The molecule has 0 aliphatic carbocycles. The van der Waals surface area contributed by atoms with Gasteiger partial charge in [-0.05, 0) is 74.1 Å². The molecule has 1 amide bonds. The van der Waals surface area contributed by atoms with Gasteiger partial charge in [0.2, 0.25) is 5.91 Å². The van der Waals surface area contributed by atoms with Gasteiger partial charge in [0.1, 0.15) is 6.10 Å². The summed E-state index contributed by atoms with van der Waals surface area (Å²) in [5.74, 6) is 5.51. The standard InChI is InChI=1S/C23H24N2O2.C15H16/c1-16-9-11-21(12-10-16)25-22(26)15-18-6-4-8-20(14-18)23(27-24)19-7-3-5-17(2)13-19;1-12-5-3-7-14(9-12)11-15-8-4-6-13(2)10-15/h3-14,23H,15,24H2,1-2H3,(H,25,26);3-10H,11H2,1-2H3. The summed E-state index contributed by atoms with van der Waals surface area (Å²) in [7, 11) is 0. The second-order valence-electron chi connectivity index (χ2n) is 10.9. The van der Waals surface area contributed by atoms with Crippen LogP contribution in [0.2, 0.25) is 0 Å². The van der Waals surface area contributed by atoms with Gasteiger partial charge in [-0.3, -0.25) is 9.63 Å². The summed E-state index contributed by atoms with van der Waals surface area (Å²) < 4.78 is 0. The molecule has 5 rings (SSSR count). The van der Waals surface area contributed by atoms with Crippen LogP contribution in [0.5, 0.6) is 0 Å². The molecule has 0 spiro atoms. The number of nitrogens with one attached hydrogen (secondary N) is 1. The van der Waals surface area contributed by atoms with Crippen molar-refractivity contribution in [3.63, 3.8) is 0 Å². The monoisotopic (exact) mass is 556 g/mol. The van der Waals surface area contributed by atoms with Crippen molar-refractivity contribution in [2.24, 2.45) is 5.90 Å². The fraction of sp³-hybridized carbons (Fsp3) is 0.184. The maximum Gasteiger partial charge on any atom is 0.228 e. The predicted molar refractivity (Wildman–Crippen MR) is 173 cm³/mol. The van der Waals surface area contributed by atoms with E-state index in [4.69, 9.17) is 10.7 Å². The largest absolute Gasteiger partial charge is 0.326 e. The summed E-state index contributed by atoms with van der Waals surface area (Å²) in [6, 6.07) is 41.0. The molecule has 0 radical (unpaired) electrons. The van der Waals surface area contributed by atoms with E-state index in [1.807, 2.05) is 86.6 Å². The summed E-state index contributed by atoms with van der Waals surface area (Å²) in [6.07, 6.45) is 0.945. The van der Waals surface area contributed by atoms with E-state index in [-0.39, 0.29) is 18.4 Å². The minimum absolute atomic E-state index is 0.0585. The predicted octanol–water partition coefficient (Wildman–Crippen LogP) is 8.36. The third-order valence-corrected chi connectivity index (χ3v) is 7.01. The first-order valence-electron chi connectivity index (χ1n) is 14.3. The smallest absolute Gasteiger partial charge is 0.228 e. The number of aryl methyl sites for hydroxylation is 4. The molecule has 0 aromatic heterocycles. The lowest BCUT2D eigenvalue weighted by Crippen LogP contribution is -2.15. The number of benzene rings is 5. The summed E-state index contributed by atoms with van der Waals surface area (Å²) in [5.41, 5.74) is 11.4. The van der Waals surface area contributed by atoms with Gasteiger partial charge in [-0.25, -0.2) is 5.90 Å². The summed E-state index contributed by atoms with van der Waals surface area (Å²) in [5, 5.41) is 2.92. The van der Waals surface area contributed by atoms with E-state index in [0.717, 1.165) is 39.9 Å². The van der Waals surface area contributed by atoms with Crippen molar-refractivity contribution in [3.05, 3.63) is 171 Å². The molecule has 4 heteroatoms. The van der Waals surface area contributed by atoms with Crippen LogP contribution >= 0.6 is 0 Å². The van der Waals surface area contributed by atoms with Crippen LogP contribution in [0.25, 0.3) is 0 Å². The Hall–Kier alpha value is -4.51. The first-order valence-corrected chi connectivity index (χ1v) is 14.3. The topological polar surface area (TPSA) is 64.3 Å². The van der Waals surface area contributed by atoms with E-state index >= 15 is 0 Å². The molecule has 42 heavy (non-hydrogen) atoms. The van der Waals surface area contributed by atoms with Crippen LogP contribution in [0, 0.1) is 27.7 Å². The lowest BCUT2D eigenvalue weighted by atomic mass is 9.97. The van der Waals surface area contributed by atoms with Crippen LogP contribution in [0.15, 0.2) is 121 Å². The molecule has 4 nitrogen and oxygen atoms in total. The second-order valence-corrected chi connectivity index (χ2v) is 10.9. The van der Waals surface area contributed by atoms with Crippen molar-refractivity contribution in [1.29, 1.82) is 0 Å². The molecular weight excluding hydrogens is 516 g/mol. The van der Waals surface area contributed by atoms with E-state index in [1.54, 1.807) is 0 Å². The third kappa shape index (κ3) is 9.27. The first-order chi connectivity index (χ1) is 20.3. The Bertz CT molecular complexity index is 1560. The van der Waals surface area contributed by atoms with Gasteiger partial charge < -0.3 is 5.32 Å². The highest BCUT2D eigenvalue weighted by Crippen LogP contribution is 2.26. The lowest BCUT2D eigenvalue weighted by Gasteiger charge is -2.17. The molecule has 5 aromatic rings. The SMILES string of the molecule is Cc1ccc(NC(=O)Cc2cccc(C(ON)c3cccc(C)c3)c2)cc1.Cc1cccc(Cc2cccc(C)c2)c1. The molecule has 0 heterocycles. The molecule has 0 saturated heterocycles. The van der Waals surface area contributed by atoms with E-state index in [2.05, 4.69) is 67.7 Å². The van der Waals surface area contributed by atoms with Gasteiger partial charge in [-0.2, -0.15) is 0 Å². The number of hydrogen-bond donors (Lipinski definition) is 2. The Morgan fingerprint density at radius 2 is 1.12 bits per heavy atom. The Morgan fingerprint density at radius 1 is 0.619 bits per heavy atom. The highest BCUT2D eigenvalue weighted by Gasteiger charge is 2.15. The second kappa shape index (κ2) is 14.9. The number of carbonyl (C=O) groups is 1. The van der Waals surface area contributed by atoms with Crippen LogP contribution in [-0.2, 0) is 22.5 Å². The Labute approximate surface area is 250 Å². The van der Waals surface area contributed by atoms with Gasteiger partial charge >= 0.3 is 0 Å². The minimum Gasteiger partial charge on any atom is -0.326 e. The Balaban J connectivity index is 0.000000227. The van der Waals surface area contributed by atoms with Gasteiger partial charge in [0.05, 0.1) is 6.42 Å². The highest BCUT2D eigenvalue weighted by atomic mass is 16.6. The summed E-state index contributed by atoms with van der Waals surface area (Å²) in [6.45, 7) is 8.32. The number of nitrogens with two attached hydrogens (primary N) is 1. The molecule has 0 aliphatic rings. The molecule has 1 atom stereocenters. The van der Waals surface area contributed by atoms with E-state index in [0.29, 0.717) is 0 Å². The number of amides is 1. The average molecular weight is 557 g/mol. The third-order valence-electron chi connectivity index (χ3n) is 7.01. The van der Waals surface area contributed by atoms with Gasteiger partial charge in [-0.15, -0.1) is 0 Å². The fourth-order valence-electron chi connectivity index (χ4n) is 4.96. The van der Waals surface area contributed by atoms with Crippen LogP contribution in [-0.4, -0.2) is 5.91 Å². The molecule has 214 valence electrons. The molecular formula is C38H40N2O2. The van der Waals surface area contributed by atoms with Gasteiger partial charge in [0.15, 0.2) is 0 Å². The zero-order valence-corrected chi connectivity index (χ0v) is 24.9. The highest BCUT2D eigenvalue weighted by molar-refractivity contribution is 5.92. The summed E-state index contributed by atoms with van der Waals surface area (Å²) >= 11 is 0. The van der Waals surface area contributed by atoms with Crippen molar-refractivity contribution in [1.82, 2.24) is 0 Å². The van der Waals surface area contributed by atoms with Gasteiger partial charge in [0.25, 0.3) is 0 Å². The molecule has 0 aliphatic heterocycles. The molecule has 0 saturated carbocycles. The van der Waals surface area contributed by atoms with Crippen LogP contribution in [0.3, 0.4) is 0 Å². The molecule has 0 bridgehead atoms. The molecule has 5 aromatic carbocycles. The van der Waals surface area contributed by atoms with Crippen molar-refractivity contribution in [2.75, 3.05) is 5.32 Å². The number of carbonyl (C=O) groups excluding carboxylic acids is 1. The zero-order chi connectivity index (χ0) is 29.9. The number of anilines is 1. The number of hydrogen-bond acceptors (Lipinski definition) is 3. The zero-order valence-electron chi connectivity index (χ0n) is 24.9. The Morgan fingerprint density at radius 3 is 1.67 bits per heavy atom. The maximum atomic E-state index is 12.4. The van der Waals surface area contributed by atoms with Crippen LogP contribution in [0.4, 0.5) is 5.69 Å². The van der Waals surface area contributed by atoms with Crippen molar-refractivity contribution in [2.45, 2.75) is 46.6 Å². The summed E-state index contributed by atoms with van der Waals surface area (Å²) in [4.78, 5) is 17.6. The van der Waals surface area contributed by atoms with Gasteiger partial charge in [-0.1, -0.05) is 131 Å². The maximum absolute atomic E-state index is 12.4. The molecule has 0 fully saturated rings. The van der Waals surface area contributed by atoms with Crippen molar-refractivity contribution in [3.8, 4) is 0 Å². The van der Waals surface area contributed by atoms with Gasteiger partial charge in [0, 0.05) is 5.69 Å². The minimum atomic E-state index is -0.370. The van der Waals surface area contributed by atoms with Crippen molar-refractivity contribution < 1.29 is 9.63 Å².